The molecule has 0 aliphatic rings. The number of rotatable bonds is 7. The van der Waals surface area contributed by atoms with Crippen LogP contribution in [0.25, 0.3) is 0 Å². The van der Waals surface area contributed by atoms with E-state index in [1.54, 1.807) is 0 Å². The van der Waals surface area contributed by atoms with E-state index in [1.807, 2.05) is 54.6 Å². The lowest BCUT2D eigenvalue weighted by Crippen LogP contribution is -2.16. The molecule has 0 radical (unpaired) electrons. The summed E-state index contributed by atoms with van der Waals surface area (Å²) in [6.45, 7) is 4.37. The average molecular weight is 422 g/mol. The molecule has 1 atom stereocenters. The van der Waals surface area contributed by atoms with Crippen molar-refractivity contribution >= 4 is 27.4 Å². The molecule has 3 rings (SSSR count). The molecule has 0 saturated carbocycles. The van der Waals surface area contributed by atoms with Gasteiger partial charge in [-0.15, -0.1) is 0 Å². The summed E-state index contributed by atoms with van der Waals surface area (Å²) >= 11 is 3.42. The van der Waals surface area contributed by atoms with Gasteiger partial charge in [0, 0.05) is 22.1 Å². The van der Waals surface area contributed by atoms with Crippen molar-refractivity contribution in [2.75, 3.05) is 5.32 Å². The molecule has 138 valence electrons. The molecule has 0 aliphatic heterocycles. The number of para-hydroxylation sites is 1. The number of anilines is 1. The van der Waals surface area contributed by atoms with Gasteiger partial charge in [0.15, 0.2) is 5.78 Å². The Morgan fingerprint density at radius 2 is 1.44 bits per heavy atom. The molecular formula is C24H24BrNO. The van der Waals surface area contributed by atoms with E-state index >= 15 is 0 Å². The number of ketones is 1. The van der Waals surface area contributed by atoms with Crippen LogP contribution in [0.1, 0.15) is 53.7 Å². The molecule has 1 unspecified atom stereocenters. The van der Waals surface area contributed by atoms with Gasteiger partial charge in [-0.2, -0.15) is 0 Å². The van der Waals surface area contributed by atoms with E-state index in [0.717, 1.165) is 21.3 Å². The summed E-state index contributed by atoms with van der Waals surface area (Å²) < 4.78 is 0.974. The number of Topliss-reactive ketones (excluding diaryl/α,β-unsaturated/α-hetero) is 1. The molecule has 0 aliphatic carbocycles. The molecular weight excluding hydrogens is 398 g/mol. The largest absolute Gasteiger partial charge is 0.378 e. The third kappa shape index (κ3) is 5.30. The van der Waals surface area contributed by atoms with E-state index in [2.05, 4.69) is 59.4 Å². The van der Waals surface area contributed by atoms with Crippen molar-refractivity contribution in [3.05, 3.63) is 100 Å². The lowest BCUT2D eigenvalue weighted by Gasteiger charge is -2.21. The van der Waals surface area contributed by atoms with Crippen molar-refractivity contribution in [1.82, 2.24) is 0 Å². The Hall–Kier alpha value is -2.39. The van der Waals surface area contributed by atoms with Crippen LogP contribution < -0.4 is 5.32 Å². The smallest absolute Gasteiger partial charge is 0.165 e. The molecule has 0 amide bonds. The summed E-state index contributed by atoms with van der Waals surface area (Å²) in [6, 6.07) is 26.1. The summed E-state index contributed by atoms with van der Waals surface area (Å²) in [6.07, 6.45) is 0.400. The Morgan fingerprint density at radius 1 is 0.852 bits per heavy atom. The van der Waals surface area contributed by atoms with Gasteiger partial charge in [0.2, 0.25) is 0 Å². The minimum Gasteiger partial charge on any atom is -0.378 e. The van der Waals surface area contributed by atoms with E-state index in [-0.39, 0.29) is 11.8 Å². The zero-order chi connectivity index (χ0) is 19.2. The highest BCUT2D eigenvalue weighted by atomic mass is 79.9. The van der Waals surface area contributed by atoms with Gasteiger partial charge >= 0.3 is 0 Å². The van der Waals surface area contributed by atoms with Crippen LogP contribution in [0.3, 0.4) is 0 Å². The highest BCUT2D eigenvalue weighted by molar-refractivity contribution is 9.10. The van der Waals surface area contributed by atoms with E-state index in [9.17, 15) is 4.79 Å². The Kier molecular flexibility index (Phi) is 6.46. The lowest BCUT2D eigenvalue weighted by molar-refractivity contribution is 0.0976. The van der Waals surface area contributed by atoms with Crippen molar-refractivity contribution in [2.24, 2.45) is 0 Å². The Labute approximate surface area is 169 Å². The number of carbonyl (C=O) groups excluding carboxylic acids is 1. The fourth-order valence-electron chi connectivity index (χ4n) is 3.04. The van der Waals surface area contributed by atoms with Gasteiger partial charge in [-0.25, -0.2) is 0 Å². The molecule has 0 heterocycles. The van der Waals surface area contributed by atoms with Crippen LogP contribution in [0.4, 0.5) is 5.69 Å². The van der Waals surface area contributed by atoms with Gasteiger partial charge in [-0.1, -0.05) is 84.4 Å². The van der Waals surface area contributed by atoms with Crippen molar-refractivity contribution in [1.29, 1.82) is 0 Å². The molecule has 0 fully saturated rings. The maximum atomic E-state index is 12.8. The maximum absolute atomic E-state index is 12.8. The normalized spacial score (nSPS) is 12.0. The van der Waals surface area contributed by atoms with Crippen LogP contribution in [-0.2, 0) is 0 Å². The molecule has 0 spiro atoms. The van der Waals surface area contributed by atoms with Gasteiger partial charge in [-0.3, -0.25) is 4.79 Å². The first-order valence-electron chi connectivity index (χ1n) is 9.23. The van der Waals surface area contributed by atoms with Crippen LogP contribution in [0.5, 0.6) is 0 Å². The first-order chi connectivity index (χ1) is 13.0. The fourth-order valence-corrected chi connectivity index (χ4v) is 3.30. The van der Waals surface area contributed by atoms with Gasteiger partial charge in [-0.05, 0) is 41.3 Å². The molecule has 27 heavy (non-hydrogen) atoms. The highest BCUT2D eigenvalue weighted by Crippen LogP contribution is 2.26. The molecule has 0 bridgehead atoms. The summed E-state index contributed by atoms with van der Waals surface area (Å²) in [5.74, 6) is 0.618. The van der Waals surface area contributed by atoms with Crippen LogP contribution in [0, 0.1) is 0 Å². The van der Waals surface area contributed by atoms with Gasteiger partial charge < -0.3 is 5.32 Å². The molecule has 0 aromatic heterocycles. The molecule has 3 aromatic rings. The fraction of sp³-hybridized carbons (Fsp3) is 0.208. The molecule has 1 N–H and O–H groups in total. The van der Waals surface area contributed by atoms with Gasteiger partial charge in [0.25, 0.3) is 0 Å². The number of hydrogen-bond acceptors (Lipinski definition) is 2. The topological polar surface area (TPSA) is 29.1 Å². The Bertz CT molecular complexity index is 871. The summed E-state index contributed by atoms with van der Waals surface area (Å²) in [4.78, 5) is 12.8. The summed E-state index contributed by atoms with van der Waals surface area (Å²) in [7, 11) is 0. The van der Waals surface area contributed by atoms with E-state index in [4.69, 9.17) is 0 Å². The quantitative estimate of drug-likeness (QED) is 0.416. The number of nitrogens with one attached hydrogen (secondary N) is 1. The van der Waals surface area contributed by atoms with Crippen molar-refractivity contribution < 1.29 is 4.79 Å². The van der Waals surface area contributed by atoms with E-state index < -0.39 is 0 Å². The van der Waals surface area contributed by atoms with E-state index in [1.165, 1.54) is 5.56 Å². The summed E-state index contributed by atoms with van der Waals surface area (Å²) in [5.41, 5.74) is 4.17. The van der Waals surface area contributed by atoms with Crippen molar-refractivity contribution in [3.8, 4) is 0 Å². The third-order valence-corrected chi connectivity index (χ3v) is 5.20. The number of carbonyl (C=O) groups is 1. The second-order valence-corrected chi connectivity index (χ2v) is 7.93. The van der Waals surface area contributed by atoms with Crippen molar-refractivity contribution in [3.63, 3.8) is 0 Å². The predicted octanol–water partition coefficient (Wildman–Crippen LogP) is 7.00. The van der Waals surface area contributed by atoms with Crippen LogP contribution in [-0.4, -0.2) is 5.78 Å². The van der Waals surface area contributed by atoms with Gasteiger partial charge in [0.05, 0.1) is 6.04 Å². The van der Waals surface area contributed by atoms with Crippen LogP contribution in [0.2, 0.25) is 0 Å². The zero-order valence-corrected chi connectivity index (χ0v) is 17.2. The van der Waals surface area contributed by atoms with Crippen LogP contribution in [0.15, 0.2) is 83.3 Å². The number of halogens is 1. The summed E-state index contributed by atoms with van der Waals surface area (Å²) in [5, 5.41) is 3.53. The molecule has 3 heteroatoms. The second-order valence-electron chi connectivity index (χ2n) is 7.02. The Morgan fingerprint density at radius 3 is 2.04 bits per heavy atom. The minimum absolute atomic E-state index is 0.0789. The molecule has 0 saturated heterocycles. The standard InChI is InChI=1S/C24H24BrNO/c1-17(2)18-8-10-19(11-9-18)23(26-22-6-4-3-5-7-22)16-24(27)20-12-14-21(25)15-13-20/h3-15,17,23,26H,16H2,1-2H3. The third-order valence-electron chi connectivity index (χ3n) is 4.68. The minimum atomic E-state index is -0.0789. The first-order valence-corrected chi connectivity index (χ1v) is 10.0. The highest BCUT2D eigenvalue weighted by Gasteiger charge is 2.18. The predicted molar refractivity (Wildman–Crippen MR) is 116 cm³/mol. The van der Waals surface area contributed by atoms with Crippen molar-refractivity contribution in [2.45, 2.75) is 32.2 Å². The lowest BCUT2D eigenvalue weighted by atomic mass is 9.95. The number of benzene rings is 3. The molecule has 3 aromatic carbocycles. The number of hydrogen-bond donors (Lipinski definition) is 1. The van der Waals surface area contributed by atoms with Gasteiger partial charge in [0.1, 0.15) is 0 Å². The Balaban J connectivity index is 1.84. The maximum Gasteiger partial charge on any atom is 0.165 e. The molecule has 2 nitrogen and oxygen atoms in total. The first kappa shape index (κ1) is 19.4. The van der Waals surface area contributed by atoms with E-state index in [0.29, 0.717) is 12.3 Å². The van der Waals surface area contributed by atoms with Crippen LogP contribution >= 0.6 is 15.9 Å². The zero-order valence-electron chi connectivity index (χ0n) is 15.7. The monoisotopic (exact) mass is 421 g/mol. The SMILES string of the molecule is CC(C)c1ccc(C(CC(=O)c2ccc(Br)cc2)Nc2ccccc2)cc1. The average Bonchev–Trinajstić information content (AvgIpc) is 2.69. The second kappa shape index (κ2) is 9.01.